The van der Waals surface area contributed by atoms with Gasteiger partial charge in [0, 0.05) is 11.1 Å². The molecule has 0 unspecified atom stereocenters. The lowest BCUT2D eigenvalue weighted by molar-refractivity contribution is 0.0953. The number of nitrogens with one attached hydrogen (secondary N) is 1. The number of thiazole rings is 1. The van der Waals surface area contributed by atoms with Gasteiger partial charge < -0.3 is 0 Å². The van der Waals surface area contributed by atoms with Crippen molar-refractivity contribution in [3.8, 4) is 0 Å². The van der Waals surface area contributed by atoms with E-state index in [-0.39, 0.29) is 5.91 Å². The van der Waals surface area contributed by atoms with Crippen LogP contribution >= 0.6 is 34.4 Å². The minimum atomic E-state index is -0.336. The highest BCUT2D eigenvalue weighted by Crippen LogP contribution is 2.27. The van der Waals surface area contributed by atoms with E-state index in [9.17, 15) is 4.79 Å². The number of rotatable bonds is 4. The molecule has 1 amide bonds. The lowest BCUT2D eigenvalue weighted by Gasteiger charge is -1.94. The number of carbonyl (C=O) groups is 1. The summed E-state index contributed by atoms with van der Waals surface area (Å²) < 4.78 is 1.25. The molecule has 4 nitrogen and oxygen atoms in total. The van der Waals surface area contributed by atoms with Crippen LogP contribution in [0.3, 0.4) is 0 Å². The third kappa shape index (κ3) is 2.82. The van der Waals surface area contributed by atoms with Gasteiger partial charge in [-0.05, 0) is 11.4 Å². The van der Waals surface area contributed by atoms with E-state index in [0.29, 0.717) is 5.01 Å². The van der Waals surface area contributed by atoms with Crippen molar-refractivity contribution in [2.45, 2.75) is 9.96 Å². The van der Waals surface area contributed by atoms with Crippen LogP contribution in [0.1, 0.15) is 15.5 Å². The molecule has 0 spiro atoms. The molecule has 0 saturated carbocycles. The summed E-state index contributed by atoms with van der Waals surface area (Å²) in [7, 11) is 0. The van der Waals surface area contributed by atoms with Crippen LogP contribution in [-0.2, 0) is 5.75 Å². The smallest absolute Gasteiger partial charge is 0.288 e. The number of nitrogen functional groups attached to an aromatic ring is 1. The molecule has 2 rings (SSSR count). The van der Waals surface area contributed by atoms with Crippen LogP contribution in [-0.4, -0.2) is 10.9 Å². The zero-order valence-electron chi connectivity index (χ0n) is 8.17. The van der Waals surface area contributed by atoms with E-state index >= 15 is 0 Å². The number of amides is 1. The fourth-order valence-corrected chi connectivity index (χ4v) is 3.53. The number of thioether (sulfide) groups is 1. The van der Waals surface area contributed by atoms with E-state index in [4.69, 9.17) is 5.84 Å². The average Bonchev–Trinajstić information content (AvgIpc) is 2.96. The Hall–Kier alpha value is -0.890. The Labute approximate surface area is 105 Å². The van der Waals surface area contributed by atoms with Crippen LogP contribution in [0.15, 0.2) is 27.1 Å². The standard InChI is InChI=1S/C9H9N3OS3/c10-12-8(13)9-11-6(5-16-9)4-15-7-2-1-3-14-7/h1-3,5H,4,10H2,(H,12,13). The molecule has 0 radical (unpaired) electrons. The van der Waals surface area contributed by atoms with Crippen LogP contribution in [0.2, 0.25) is 0 Å². The van der Waals surface area contributed by atoms with Crippen molar-refractivity contribution >= 4 is 40.3 Å². The monoisotopic (exact) mass is 271 g/mol. The SMILES string of the molecule is NNC(=O)c1nc(CSc2cccs2)cs1. The van der Waals surface area contributed by atoms with Crippen molar-refractivity contribution in [1.29, 1.82) is 0 Å². The lowest BCUT2D eigenvalue weighted by atomic mass is 10.5. The van der Waals surface area contributed by atoms with Gasteiger partial charge in [-0.2, -0.15) is 0 Å². The minimum absolute atomic E-state index is 0.336. The van der Waals surface area contributed by atoms with E-state index in [1.165, 1.54) is 15.5 Å². The number of hydrogen-bond donors (Lipinski definition) is 2. The Morgan fingerprint density at radius 2 is 2.44 bits per heavy atom. The number of hydrazine groups is 1. The number of nitrogens with two attached hydrogens (primary N) is 1. The Balaban J connectivity index is 1.95. The third-order valence-electron chi connectivity index (χ3n) is 1.73. The highest BCUT2D eigenvalue weighted by molar-refractivity contribution is 8.00. The second-order valence-electron chi connectivity index (χ2n) is 2.84. The van der Waals surface area contributed by atoms with E-state index in [0.717, 1.165) is 11.4 Å². The molecular weight excluding hydrogens is 262 g/mol. The van der Waals surface area contributed by atoms with Gasteiger partial charge in [0.2, 0.25) is 0 Å². The van der Waals surface area contributed by atoms with E-state index in [1.807, 2.05) is 16.8 Å². The molecule has 0 atom stereocenters. The second kappa shape index (κ2) is 5.44. The maximum atomic E-state index is 11.2. The van der Waals surface area contributed by atoms with Gasteiger partial charge in [-0.1, -0.05) is 6.07 Å². The first-order valence-electron chi connectivity index (χ1n) is 4.41. The van der Waals surface area contributed by atoms with E-state index in [1.54, 1.807) is 23.1 Å². The summed E-state index contributed by atoms with van der Waals surface area (Å²) in [6, 6.07) is 4.08. The van der Waals surface area contributed by atoms with Crippen molar-refractivity contribution in [3.63, 3.8) is 0 Å². The molecule has 0 aliphatic rings. The van der Waals surface area contributed by atoms with Gasteiger partial charge in [0.15, 0.2) is 5.01 Å². The maximum Gasteiger partial charge on any atom is 0.294 e. The third-order valence-corrected chi connectivity index (χ3v) is 4.79. The molecule has 2 aromatic heterocycles. The minimum Gasteiger partial charge on any atom is -0.288 e. The molecule has 0 bridgehead atoms. The highest BCUT2D eigenvalue weighted by atomic mass is 32.2. The Morgan fingerprint density at radius 1 is 1.56 bits per heavy atom. The van der Waals surface area contributed by atoms with Gasteiger partial charge in [0.05, 0.1) is 9.90 Å². The Bertz CT molecular complexity index is 466. The Kier molecular flexibility index (Phi) is 3.94. The molecule has 2 heterocycles. The highest BCUT2D eigenvalue weighted by Gasteiger charge is 2.09. The van der Waals surface area contributed by atoms with Crippen LogP contribution < -0.4 is 11.3 Å². The summed E-state index contributed by atoms with van der Waals surface area (Å²) in [4.78, 5) is 15.4. The number of carbonyl (C=O) groups excluding carboxylic acids is 1. The van der Waals surface area contributed by atoms with Gasteiger partial charge >= 0.3 is 0 Å². The average molecular weight is 271 g/mol. The molecule has 84 valence electrons. The largest absolute Gasteiger partial charge is 0.294 e. The molecule has 7 heteroatoms. The van der Waals surface area contributed by atoms with Crippen LogP contribution in [0.25, 0.3) is 0 Å². The number of hydrogen-bond acceptors (Lipinski definition) is 6. The number of thiophene rings is 1. The molecule has 0 aromatic carbocycles. The molecular formula is C9H9N3OS3. The van der Waals surface area contributed by atoms with Crippen LogP contribution in [0.4, 0.5) is 0 Å². The normalized spacial score (nSPS) is 10.3. The summed E-state index contributed by atoms with van der Waals surface area (Å²) in [6.45, 7) is 0. The van der Waals surface area contributed by atoms with Gasteiger partial charge in [0.1, 0.15) is 0 Å². The molecule has 3 N–H and O–H groups in total. The van der Waals surface area contributed by atoms with Crippen molar-refractivity contribution in [3.05, 3.63) is 33.6 Å². The summed E-state index contributed by atoms with van der Waals surface area (Å²) >= 11 is 4.72. The van der Waals surface area contributed by atoms with Gasteiger partial charge in [-0.25, -0.2) is 10.8 Å². The molecule has 0 aliphatic carbocycles. The molecule has 0 fully saturated rings. The molecule has 0 saturated heterocycles. The van der Waals surface area contributed by atoms with Crippen molar-refractivity contribution in [2.24, 2.45) is 5.84 Å². The first-order chi connectivity index (χ1) is 7.79. The topological polar surface area (TPSA) is 68.0 Å². The molecule has 2 aromatic rings. The first-order valence-corrected chi connectivity index (χ1v) is 7.15. The predicted octanol–water partition coefficient (Wildman–Crippen LogP) is 2.10. The zero-order chi connectivity index (χ0) is 11.4. The van der Waals surface area contributed by atoms with Gasteiger partial charge in [-0.15, -0.1) is 34.4 Å². The maximum absolute atomic E-state index is 11.2. The fourth-order valence-electron chi connectivity index (χ4n) is 1.03. The summed E-state index contributed by atoms with van der Waals surface area (Å²) in [5.41, 5.74) is 2.97. The van der Waals surface area contributed by atoms with Crippen molar-refractivity contribution < 1.29 is 4.79 Å². The van der Waals surface area contributed by atoms with Gasteiger partial charge in [-0.3, -0.25) is 10.2 Å². The summed E-state index contributed by atoms with van der Waals surface area (Å²) in [6.07, 6.45) is 0. The summed E-state index contributed by atoms with van der Waals surface area (Å²) in [5, 5.41) is 4.33. The van der Waals surface area contributed by atoms with Crippen molar-refractivity contribution in [2.75, 3.05) is 0 Å². The predicted molar refractivity (Wildman–Crippen MR) is 67.6 cm³/mol. The quantitative estimate of drug-likeness (QED) is 0.387. The number of aromatic nitrogens is 1. The summed E-state index contributed by atoms with van der Waals surface area (Å²) in [5.74, 6) is 5.46. The lowest BCUT2D eigenvalue weighted by Crippen LogP contribution is -2.29. The Morgan fingerprint density at radius 3 is 3.12 bits per heavy atom. The first kappa shape index (κ1) is 11.6. The molecule has 0 aliphatic heterocycles. The van der Waals surface area contributed by atoms with E-state index in [2.05, 4.69) is 16.5 Å². The second-order valence-corrected chi connectivity index (χ2v) is 5.92. The van der Waals surface area contributed by atoms with Gasteiger partial charge in [0.25, 0.3) is 5.91 Å². The van der Waals surface area contributed by atoms with Crippen LogP contribution in [0.5, 0.6) is 0 Å². The fraction of sp³-hybridized carbons (Fsp3) is 0.111. The van der Waals surface area contributed by atoms with Crippen LogP contribution in [0, 0.1) is 0 Å². The van der Waals surface area contributed by atoms with Crippen molar-refractivity contribution in [1.82, 2.24) is 10.4 Å². The number of nitrogens with zero attached hydrogens (tertiary/aromatic N) is 1. The zero-order valence-corrected chi connectivity index (χ0v) is 10.6. The van der Waals surface area contributed by atoms with E-state index < -0.39 is 0 Å². The molecule has 16 heavy (non-hydrogen) atoms.